The second kappa shape index (κ2) is 7.77. The highest BCUT2D eigenvalue weighted by molar-refractivity contribution is 7.89. The summed E-state index contributed by atoms with van der Waals surface area (Å²) < 4.78 is 31.2. The van der Waals surface area contributed by atoms with Gasteiger partial charge in [0.05, 0.1) is 15.9 Å². The molecular formula is C14H14ClN3O6S. The lowest BCUT2D eigenvalue weighted by atomic mass is 9.98. The number of carbonyl (C=O) groups excluding carboxylic acids is 1. The Bertz CT molecular complexity index is 827. The zero-order chi connectivity index (χ0) is 18.6. The first-order valence-corrected chi connectivity index (χ1v) is 9.07. The van der Waals surface area contributed by atoms with Gasteiger partial charge in [-0.05, 0) is 18.9 Å². The van der Waals surface area contributed by atoms with Gasteiger partial charge >= 0.3 is 5.97 Å². The lowest BCUT2D eigenvalue weighted by Gasteiger charge is -2.30. The summed E-state index contributed by atoms with van der Waals surface area (Å²) in [5.41, 5.74) is -0.377. The number of nitriles is 1. The fourth-order valence-electron chi connectivity index (χ4n) is 2.50. The molecule has 0 bridgehead atoms. The Labute approximate surface area is 148 Å². The molecule has 1 aliphatic rings. The van der Waals surface area contributed by atoms with Crippen molar-refractivity contribution in [2.75, 3.05) is 19.7 Å². The summed E-state index contributed by atoms with van der Waals surface area (Å²) in [4.78, 5) is 21.5. The van der Waals surface area contributed by atoms with Crippen LogP contribution in [0.5, 0.6) is 0 Å². The number of halogens is 1. The number of hydrogen-bond donors (Lipinski definition) is 0. The average Bonchev–Trinajstić information content (AvgIpc) is 2.59. The van der Waals surface area contributed by atoms with Gasteiger partial charge in [0.15, 0.2) is 6.61 Å². The van der Waals surface area contributed by atoms with Crippen molar-refractivity contribution in [3.05, 3.63) is 33.3 Å². The first-order valence-electron chi connectivity index (χ1n) is 7.25. The smallest absolute Gasteiger partial charge is 0.310 e. The topological polar surface area (TPSA) is 131 Å². The molecule has 0 saturated carbocycles. The van der Waals surface area contributed by atoms with Gasteiger partial charge in [-0.1, -0.05) is 11.6 Å². The maximum atomic E-state index is 12.7. The molecular weight excluding hydrogens is 374 g/mol. The molecule has 1 saturated heterocycles. The summed E-state index contributed by atoms with van der Waals surface area (Å²) in [5.74, 6) is -1.02. The van der Waals surface area contributed by atoms with Crippen LogP contribution >= 0.6 is 11.6 Å². The van der Waals surface area contributed by atoms with E-state index in [9.17, 15) is 23.3 Å². The second-order valence-corrected chi connectivity index (χ2v) is 7.63. The van der Waals surface area contributed by atoms with Crippen LogP contribution in [0.2, 0.25) is 5.02 Å². The van der Waals surface area contributed by atoms with Crippen molar-refractivity contribution >= 4 is 33.3 Å². The minimum absolute atomic E-state index is 0.0493. The number of nitrogens with zero attached hydrogens (tertiary/aromatic N) is 3. The number of piperidine rings is 1. The summed E-state index contributed by atoms with van der Waals surface area (Å²) in [6.07, 6.45) is 0.464. The van der Waals surface area contributed by atoms with Crippen molar-refractivity contribution in [1.82, 2.24) is 4.31 Å². The Balaban J connectivity index is 2.15. The molecule has 1 fully saturated rings. The molecule has 0 atom stereocenters. The van der Waals surface area contributed by atoms with Gasteiger partial charge in [-0.25, -0.2) is 8.42 Å². The Kier molecular flexibility index (Phi) is 5.94. The summed E-state index contributed by atoms with van der Waals surface area (Å²) >= 11 is 5.91. The van der Waals surface area contributed by atoms with E-state index >= 15 is 0 Å². The van der Waals surface area contributed by atoms with E-state index in [1.165, 1.54) is 6.07 Å². The number of hydrogen-bond acceptors (Lipinski definition) is 7. The van der Waals surface area contributed by atoms with Crippen molar-refractivity contribution in [1.29, 1.82) is 5.26 Å². The standard InChI is InChI=1S/C14H14ClN3O6S/c15-12-2-1-11(18(20)21)9-13(12)25(22,23)17-6-3-10(4-7-17)14(19)24-8-5-16/h1-2,9-10H,3-4,6-8H2. The first-order chi connectivity index (χ1) is 11.8. The lowest BCUT2D eigenvalue weighted by Crippen LogP contribution is -2.40. The molecule has 1 aromatic carbocycles. The maximum Gasteiger partial charge on any atom is 0.310 e. The van der Waals surface area contributed by atoms with Gasteiger partial charge in [0, 0.05) is 25.2 Å². The molecule has 0 N–H and O–H groups in total. The van der Waals surface area contributed by atoms with E-state index in [1.54, 1.807) is 6.07 Å². The zero-order valence-electron chi connectivity index (χ0n) is 12.9. The number of nitro benzene ring substituents is 1. The highest BCUT2D eigenvalue weighted by Crippen LogP contribution is 2.31. The minimum Gasteiger partial charge on any atom is -0.450 e. The van der Waals surface area contributed by atoms with E-state index in [2.05, 4.69) is 0 Å². The van der Waals surface area contributed by atoms with Crippen LogP contribution in [0.3, 0.4) is 0 Å². The number of nitro groups is 1. The van der Waals surface area contributed by atoms with Crippen LogP contribution in [-0.2, 0) is 19.6 Å². The van der Waals surface area contributed by atoms with Crippen LogP contribution in [0.15, 0.2) is 23.1 Å². The number of non-ortho nitro benzene ring substituents is 1. The molecule has 0 aromatic heterocycles. The molecule has 2 rings (SSSR count). The van der Waals surface area contributed by atoms with Crippen LogP contribution in [0, 0.1) is 27.4 Å². The predicted molar refractivity (Wildman–Crippen MR) is 86.2 cm³/mol. The fraction of sp³-hybridized carbons (Fsp3) is 0.429. The summed E-state index contributed by atoms with van der Waals surface area (Å²) in [5, 5.41) is 19.1. The maximum absolute atomic E-state index is 12.7. The lowest BCUT2D eigenvalue weighted by molar-refractivity contribution is -0.385. The van der Waals surface area contributed by atoms with Crippen molar-refractivity contribution in [3.8, 4) is 6.07 Å². The highest BCUT2D eigenvalue weighted by atomic mass is 35.5. The van der Waals surface area contributed by atoms with Gasteiger partial charge in [0.2, 0.25) is 10.0 Å². The molecule has 0 radical (unpaired) electrons. The second-order valence-electron chi connectivity index (χ2n) is 5.32. The SMILES string of the molecule is N#CCOC(=O)C1CCN(S(=O)(=O)c2cc([N+](=O)[O-])ccc2Cl)CC1. The number of benzene rings is 1. The van der Waals surface area contributed by atoms with Gasteiger partial charge in [0.25, 0.3) is 5.69 Å². The van der Waals surface area contributed by atoms with E-state index in [0.717, 1.165) is 16.4 Å². The van der Waals surface area contributed by atoms with Crippen molar-refractivity contribution in [2.24, 2.45) is 5.92 Å². The fourth-order valence-corrected chi connectivity index (χ4v) is 4.46. The van der Waals surface area contributed by atoms with Gasteiger partial charge in [-0.3, -0.25) is 14.9 Å². The van der Waals surface area contributed by atoms with Crippen molar-refractivity contribution in [2.45, 2.75) is 17.7 Å². The van der Waals surface area contributed by atoms with Crippen LogP contribution in [-0.4, -0.2) is 43.3 Å². The molecule has 9 nitrogen and oxygen atoms in total. The Morgan fingerprint density at radius 1 is 1.44 bits per heavy atom. The Hall–Kier alpha value is -2.22. The number of esters is 1. The van der Waals surface area contributed by atoms with Crippen molar-refractivity contribution < 1.29 is 22.9 Å². The van der Waals surface area contributed by atoms with Gasteiger partial charge in [-0.2, -0.15) is 9.57 Å². The summed E-state index contributed by atoms with van der Waals surface area (Å²) in [6, 6.07) is 4.90. The van der Waals surface area contributed by atoms with Crippen LogP contribution in [0.4, 0.5) is 5.69 Å². The molecule has 0 aliphatic carbocycles. The largest absolute Gasteiger partial charge is 0.450 e. The van der Waals surface area contributed by atoms with Gasteiger partial charge in [0.1, 0.15) is 11.0 Å². The van der Waals surface area contributed by atoms with Crippen LogP contribution in [0.1, 0.15) is 12.8 Å². The van der Waals surface area contributed by atoms with E-state index in [1.807, 2.05) is 0 Å². The molecule has 0 amide bonds. The van der Waals surface area contributed by atoms with Gasteiger partial charge in [-0.15, -0.1) is 0 Å². The zero-order valence-corrected chi connectivity index (χ0v) is 14.5. The molecule has 134 valence electrons. The number of rotatable bonds is 5. The number of carbonyl (C=O) groups is 1. The molecule has 25 heavy (non-hydrogen) atoms. The Morgan fingerprint density at radius 3 is 2.64 bits per heavy atom. The molecule has 11 heteroatoms. The molecule has 1 aliphatic heterocycles. The third-order valence-electron chi connectivity index (χ3n) is 3.81. The van der Waals surface area contributed by atoms with E-state index in [4.69, 9.17) is 21.6 Å². The predicted octanol–water partition coefficient (Wildman–Crippen LogP) is 1.72. The van der Waals surface area contributed by atoms with E-state index < -0.39 is 26.8 Å². The monoisotopic (exact) mass is 387 g/mol. The third-order valence-corrected chi connectivity index (χ3v) is 6.19. The molecule has 1 aromatic rings. The highest BCUT2D eigenvalue weighted by Gasteiger charge is 2.34. The normalized spacial score (nSPS) is 16.2. The number of ether oxygens (including phenoxy) is 1. The molecule has 1 heterocycles. The first kappa shape index (κ1) is 19.1. The van der Waals surface area contributed by atoms with Crippen LogP contribution in [0.25, 0.3) is 0 Å². The third kappa shape index (κ3) is 4.25. The van der Waals surface area contributed by atoms with Gasteiger partial charge < -0.3 is 4.74 Å². The minimum atomic E-state index is -4.02. The van der Waals surface area contributed by atoms with E-state index in [0.29, 0.717) is 0 Å². The molecule has 0 unspecified atom stereocenters. The van der Waals surface area contributed by atoms with Crippen LogP contribution < -0.4 is 0 Å². The quantitative estimate of drug-likeness (QED) is 0.427. The average molecular weight is 388 g/mol. The summed E-state index contributed by atoms with van der Waals surface area (Å²) in [6.45, 7) is -0.248. The Morgan fingerprint density at radius 2 is 2.08 bits per heavy atom. The summed E-state index contributed by atoms with van der Waals surface area (Å²) in [7, 11) is -4.02. The van der Waals surface area contributed by atoms with Crippen molar-refractivity contribution in [3.63, 3.8) is 0 Å². The number of sulfonamides is 1. The van der Waals surface area contributed by atoms with E-state index in [-0.39, 0.29) is 48.1 Å². The molecule has 0 spiro atoms.